The predicted octanol–water partition coefficient (Wildman–Crippen LogP) is 1.92. The predicted molar refractivity (Wildman–Crippen MR) is 54.4 cm³/mol. The average Bonchev–Trinajstić information content (AvgIpc) is 2.06. The summed E-state index contributed by atoms with van der Waals surface area (Å²) in [6, 6.07) is 2.23. The number of carbonyl (C=O) groups is 1. The van der Waals surface area contributed by atoms with Crippen LogP contribution in [0.2, 0.25) is 0 Å². The molecule has 1 aromatic carbocycles. The Labute approximate surface area is 91.8 Å². The van der Waals surface area contributed by atoms with E-state index in [9.17, 15) is 17.6 Å². The fourth-order valence-corrected chi connectivity index (χ4v) is 2.16. The standard InChI is InChI=1S/C9H8ClFO3S/c1-5-6(9(10)12)3-4-7(8(5)11)15(2,13)14/h3-4H,1-2H3. The smallest absolute Gasteiger partial charge is 0.252 e. The zero-order valence-corrected chi connectivity index (χ0v) is 9.62. The molecule has 0 unspecified atom stereocenters. The van der Waals surface area contributed by atoms with Crippen molar-refractivity contribution in [2.75, 3.05) is 6.26 Å². The first-order valence-corrected chi connectivity index (χ1v) is 6.21. The van der Waals surface area contributed by atoms with Crippen LogP contribution >= 0.6 is 11.6 Å². The van der Waals surface area contributed by atoms with Crippen molar-refractivity contribution in [3.8, 4) is 0 Å². The van der Waals surface area contributed by atoms with E-state index in [0.29, 0.717) is 0 Å². The lowest BCUT2D eigenvalue weighted by atomic mass is 10.1. The van der Waals surface area contributed by atoms with Crippen molar-refractivity contribution in [3.63, 3.8) is 0 Å². The Morgan fingerprint density at radius 1 is 1.40 bits per heavy atom. The lowest BCUT2D eigenvalue weighted by Crippen LogP contribution is -2.05. The van der Waals surface area contributed by atoms with Crippen molar-refractivity contribution < 1.29 is 17.6 Å². The van der Waals surface area contributed by atoms with Crippen LogP contribution < -0.4 is 0 Å². The lowest BCUT2D eigenvalue weighted by Gasteiger charge is -2.06. The van der Waals surface area contributed by atoms with Gasteiger partial charge in [-0.1, -0.05) is 0 Å². The fourth-order valence-electron chi connectivity index (χ4n) is 1.16. The number of carbonyl (C=O) groups excluding carboxylic acids is 1. The number of benzene rings is 1. The van der Waals surface area contributed by atoms with E-state index < -0.39 is 25.8 Å². The lowest BCUT2D eigenvalue weighted by molar-refractivity contribution is 0.108. The molecule has 0 radical (unpaired) electrons. The largest absolute Gasteiger partial charge is 0.276 e. The Hall–Kier alpha value is -0.940. The van der Waals surface area contributed by atoms with Gasteiger partial charge in [0.25, 0.3) is 5.24 Å². The molecular weight excluding hydrogens is 243 g/mol. The van der Waals surface area contributed by atoms with E-state index in [4.69, 9.17) is 11.6 Å². The molecule has 3 nitrogen and oxygen atoms in total. The molecule has 1 aromatic rings. The maximum atomic E-state index is 13.5. The van der Waals surface area contributed by atoms with Gasteiger partial charge in [0.1, 0.15) is 10.7 Å². The van der Waals surface area contributed by atoms with Gasteiger partial charge in [-0.25, -0.2) is 12.8 Å². The SMILES string of the molecule is Cc1c(C(=O)Cl)ccc(S(C)(=O)=O)c1F. The van der Waals surface area contributed by atoms with Crippen LogP contribution in [0.15, 0.2) is 17.0 Å². The molecule has 0 amide bonds. The van der Waals surface area contributed by atoms with Crippen LogP contribution in [0.5, 0.6) is 0 Å². The van der Waals surface area contributed by atoms with Crippen molar-refractivity contribution in [1.82, 2.24) is 0 Å². The molecule has 0 aliphatic heterocycles. The number of sulfone groups is 1. The maximum Gasteiger partial charge on any atom is 0.252 e. The first-order chi connectivity index (χ1) is 6.75. The minimum Gasteiger partial charge on any atom is -0.276 e. The molecule has 0 aromatic heterocycles. The second-order valence-corrected chi connectivity index (χ2v) is 5.42. The summed E-state index contributed by atoms with van der Waals surface area (Å²) in [5.41, 5.74) is -0.0838. The van der Waals surface area contributed by atoms with Crippen molar-refractivity contribution in [2.45, 2.75) is 11.8 Å². The van der Waals surface area contributed by atoms with E-state index in [-0.39, 0.29) is 11.1 Å². The quantitative estimate of drug-likeness (QED) is 0.754. The van der Waals surface area contributed by atoms with Gasteiger partial charge in [0, 0.05) is 11.8 Å². The summed E-state index contributed by atoms with van der Waals surface area (Å²) in [4.78, 5) is 10.4. The van der Waals surface area contributed by atoms with Gasteiger partial charge in [0.05, 0.1) is 0 Å². The molecule has 0 spiro atoms. The van der Waals surface area contributed by atoms with E-state index in [1.165, 1.54) is 13.0 Å². The maximum absolute atomic E-state index is 13.5. The zero-order chi connectivity index (χ0) is 11.8. The van der Waals surface area contributed by atoms with E-state index in [1.807, 2.05) is 0 Å². The normalized spacial score (nSPS) is 11.5. The second kappa shape index (κ2) is 3.90. The summed E-state index contributed by atoms with van der Waals surface area (Å²) >= 11 is 5.19. The van der Waals surface area contributed by atoms with Gasteiger partial charge in [-0.3, -0.25) is 4.79 Å². The number of hydrogen-bond acceptors (Lipinski definition) is 3. The summed E-state index contributed by atoms with van der Waals surface area (Å²) in [6.07, 6.45) is 0.896. The summed E-state index contributed by atoms with van der Waals surface area (Å²) in [6.45, 7) is 1.31. The topological polar surface area (TPSA) is 51.2 Å². The van der Waals surface area contributed by atoms with Crippen molar-refractivity contribution in [3.05, 3.63) is 29.1 Å². The third kappa shape index (κ3) is 2.35. The summed E-state index contributed by atoms with van der Waals surface area (Å²) in [7, 11) is -3.63. The third-order valence-corrected chi connectivity index (χ3v) is 3.28. The first kappa shape index (κ1) is 12.1. The van der Waals surface area contributed by atoms with Gasteiger partial charge < -0.3 is 0 Å². The van der Waals surface area contributed by atoms with Crippen LogP contribution in [-0.4, -0.2) is 19.9 Å². The van der Waals surface area contributed by atoms with Crippen LogP contribution in [0.3, 0.4) is 0 Å². The van der Waals surface area contributed by atoms with Gasteiger partial charge in [-0.2, -0.15) is 0 Å². The van der Waals surface area contributed by atoms with E-state index in [2.05, 4.69) is 0 Å². The Kier molecular flexibility index (Phi) is 3.16. The minimum absolute atomic E-state index is 0.0263. The van der Waals surface area contributed by atoms with Crippen LogP contribution in [0.25, 0.3) is 0 Å². The number of halogens is 2. The molecule has 0 aliphatic rings. The van der Waals surface area contributed by atoms with Crippen molar-refractivity contribution in [1.29, 1.82) is 0 Å². The molecule has 0 aliphatic carbocycles. The Bertz CT molecular complexity index is 522. The van der Waals surface area contributed by atoms with Crippen molar-refractivity contribution in [2.24, 2.45) is 0 Å². The van der Waals surface area contributed by atoms with Gasteiger partial charge >= 0.3 is 0 Å². The highest BCUT2D eigenvalue weighted by Gasteiger charge is 2.19. The van der Waals surface area contributed by atoms with Crippen LogP contribution in [0, 0.1) is 12.7 Å². The van der Waals surface area contributed by atoms with E-state index in [1.54, 1.807) is 0 Å². The summed E-state index contributed by atoms with van der Waals surface area (Å²) in [5.74, 6) is -0.927. The molecule has 0 saturated carbocycles. The molecule has 0 N–H and O–H groups in total. The van der Waals surface area contributed by atoms with Crippen molar-refractivity contribution >= 4 is 26.7 Å². The van der Waals surface area contributed by atoms with Crippen LogP contribution in [-0.2, 0) is 9.84 Å². The average molecular weight is 251 g/mol. The van der Waals surface area contributed by atoms with Crippen LogP contribution in [0.4, 0.5) is 4.39 Å². The Morgan fingerprint density at radius 2 is 1.93 bits per heavy atom. The summed E-state index contributed by atoms with van der Waals surface area (Å²) < 4.78 is 35.8. The molecule has 6 heteroatoms. The molecule has 0 bridgehead atoms. The highest BCUT2D eigenvalue weighted by Crippen LogP contribution is 2.22. The highest BCUT2D eigenvalue weighted by atomic mass is 35.5. The van der Waals surface area contributed by atoms with E-state index in [0.717, 1.165) is 12.3 Å². The van der Waals surface area contributed by atoms with Gasteiger partial charge in [-0.15, -0.1) is 0 Å². The molecule has 1 rings (SSSR count). The third-order valence-electron chi connectivity index (χ3n) is 1.96. The molecule has 15 heavy (non-hydrogen) atoms. The van der Waals surface area contributed by atoms with Gasteiger partial charge in [0.15, 0.2) is 9.84 Å². The minimum atomic E-state index is -3.63. The monoisotopic (exact) mass is 250 g/mol. The molecule has 82 valence electrons. The molecular formula is C9H8ClFO3S. The molecule has 0 atom stereocenters. The summed E-state index contributed by atoms with van der Waals surface area (Å²) in [5, 5.41) is -0.813. The highest BCUT2D eigenvalue weighted by molar-refractivity contribution is 7.90. The molecule has 0 saturated heterocycles. The van der Waals surface area contributed by atoms with Crippen LogP contribution in [0.1, 0.15) is 15.9 Å². The molecule has 0 heterocycles. The van der Waals surface area contributed by atoms with Gasteiger partial charge in [0.2, 0.25) is 0 Å². The zero-order valence-electron chi connectivity index (χ0n) is 8.04. The number of hydrogen-bond donors (Lipinski definition) is 0. The van der Waals surface area contributed by atoms with E-state index >= 15 is 0 Å². The second-order valence-electron chi connectivity index (χ2n) is 3.10. The Morgan fingerprint density at radius 3 is 2.33 bits per heavy atom. The molecule has 0 fully saturated rings. The first-order valence-electron chi connectivity index (χ1n) is 3.94. The Balaban J connectivity index is 3.55. The van der Waals surface area contributed by atoms with Gasteiger partial charge in [-0.05, 0) is 36.2 Å². The number of rotatable bonds is 2. The fraction of sp³-hybridized carbons (Fsp3) is 0.222.